The third-order valence-electron chi connectivity index (χ3n) is 3.51. The van der Waals surface area contributed by atoms with Gasteiger partial charge in [-0.3, -0.25) is 4.79 Å². The molecule has 4 heteroatoms. The van der Waals surface area contributed by atoms with Crippen LogP contribution in [0.15, 0.2) is 24.3 Å². The third kappa shape index (κ3) is 3.09. The molecule has 0 radical (unpaired) electrons. The van der Waals surface area contributed by atoms with Crippen molar-refractivity contribution in [2.24, 2.45) is 0 Å². The van der Waals surface area contributed by atoms with Crippen LogP contribution in [-0.4, -0.2) is 28.3 Å². The molecule has 1 amide bonds. The summed E-state index contributed by atoms with van der Waals surface area (Å²) in [6.07, 6.45) is 3.57. The van der Waals surface area contributed by atoms with Crippen molar-refractivity contribution < 1.29 is 15.0 Å². The lowest BCUT2D eigenvalue weighted by Crippen LogP contribution is -2.40. The molecular formula is C14H19NO3. The van der Waals surface area contributed by atoms with Crippen LogP contribution < -0.4 is 5.32 Å². The van der Waals surface area contributed by atoms with Gasteiger partial charge in [-0.1, -0.05) is 25.0 Å². The van der Waals surface area contributed by atoms with E-state index in [4.69, 9.17) is 5.11 Å². The number of benzene rings is 1. The predicted octanol–water partition coefficient (Wildman–Crippen LogP) is 1.21. The Kier molecular flexibility index (Phi) is 3.99. The van der Waals surface area contributed by atoms with E-state index >= 15 is 0 Å². The maximum Gasteiger partial charge on any atom is 0.251 e. The second-order valence-corrected chi connectivity index (χ2v) is 4.97. The molecule has 1 saturated carbocycles. The fourth-order valence-corrected chi connectivity index (χ4v) is 2.32. The highest BCUT2D eigenvalue weighted by atomic mass is 16.3. The summed E-state index contributed by atoms with van der Waals surface area (Å²) in [7, 11) is 0. The van der Waals surface area contributed by atoms with E-state index in [-0.39, 0.29) is 12.5 Å². The van der Waals surface area contributed by atoms with Crippen LogP contribution in [0.4, 0.5) is 0 Å². The molecular weight excluding hydrogens is 230 g/mol. The monoisotopic (exact) mass is 249 g/mol. The number of rotatable bonds is 4. The molecule has 0 heterocycles. The molecule has 0 aliphatic heterocycles. The molecule has 1 aromatic rings. The molecule has 2 rings (SSSR count). The summed E-state index contributed by atoms with van der Waals surface area (Å²) in [5, 5.41) is 21.8. The first-order chi connectivity index (χ1) is 8.63. The van der Waals surface area contributed by atoms with E-state index in [0.29, 0.717) is 12.1 Å². The molecule has 1 aromatic carbocycles. The van der Waals surface area contributed by atoms with Crippen molar-refractivity contribution in [1.82, 2.24) is 5.32 Å². The van der Waals surface area contributed by atoms with Crippen molar-refractivity contribution in [3.05, 3.63) is 35.4 Å². The van der Waals surface area contributed by atoms with Gasteiger partial charge in [0.1, 0.15) is 0 Å². The van der Waals surface area contributed by atoms with Gasteiger partial charge in [0, 0.05) is 12.1 Å². The van der Waals surface area contributed by atoms with Gasteiger partial charge in [-0.05, 0) is 30.5 Å². The maximum absolute atomic E-state index is 11.9. The van der Waals surface area contributed by atoms with Gasteiger partial charge in [-0.15, -0.1) is 0 Å². The standard InChI is InChI=1S/C14H19NO3/c16-9-11-3-5-12(6-4-11)13(17)15-10-14(18)7-1-2-8-14/h3-6,16,18H,1-2,7-10H2,(H,15,17). The molecule has 0 spiro atoms. The molecule has 1 aliphatic rings. The lowest BCUT2D eigenvalue weighted by Gasteiger charge is -2.22. The first kappa shape index (κ1) is 13.1. The number of hydrogen-bond acceptors (Lipinski definition) is 3. The fraction of sp³-hybridized carbons (Fsp3) is 0.500. The lowest BCUT2D eigenvalue weighted by atomic mass is 10.0. The van der Waals surface area contributed by atoms with Crippen LogP contribution in [0.5, 0.6) is 0 Å². The van der Waals surface area contributed by atoms with Crippen molar-refractivity contribution >= 4 is 5.91 Å². The molecule has 1 aliphatic carbocycles. The Labute approximate surface area is 107 Å². The second kappa shape index (κ2) is 5.50. The SMILES string of the molecule is O=C(NCC1(O)CCCC1)c1ccc(CO)cc1. The Morgan fingerprint density at radius 2 is 1.83 bits per heavy atom. The molecule has 18 heavy (non-hydrogen) atoms. The van der Waals surface area contributed by atoms with E-state index in [1.165, 1.54) is 0 Å². The summed E-state index contributed by atoms with van der Waals surface area (Å²) in [4.78, 5) is 11.9. The largest absolute Gasteiger partial charge is 0.392 e. The Morgan fingerprint density at radius 3 is 2.39 bits per heavy atom. The molecule has 0 atom stereocenters. The lowest BCUT2D eigenvalue weighted by molar-refractivity contribution is 0.0449. The maximum atomic E-state index is 11.9. The highest BCUT2D eigenvalue weighted by Gasteiger charge is 2.31. The van der Waals surface area contributed by atoms with Gasteiger partial charge >= 0.3 is 0 Å². The Morgan fingerprint density at radius 1 is 1.22 bits per heavy atom. The zero-order valence-corrected chi connectivity index (χ0v) is 10.4. The molecule has 4 nitrogen and oxygen atoms in total. The van der Waals surface area contributed by atoms with Crippen molar-refractivity contribution in [3.8, 4) is 0 Å². The molecule has 3 N–H and O–H groups in total. The zero-order chi connectivity index (χ0) is 13.0. The van der Waals surface area contributed by atoms with E-state index in [1.807, 2.05) is 0 Å². The number of aliphatic hydroxyl groups excluding tert-OH is 1. The van der Waals surface area contributed by atoms with Gasteiger partial charge in [-0.2, -0.15) is 0 Å². The summed E-state index contributed by atoms with van der Waals surface area (Å²) >= 11 is 0. The highest BCUT2D eigenvalue weighted by Crippen LogP contribution is 2.28. The van der Waals surface area contributed by atoms with Gasteiger partial charge in [0.15, 0.2) is 0 Å². The van der Waals surface area contributed by atoms with Crippen LogP contribution in [0.1, 0.15) is 41.6 Å². The van der Waals surface area contributed by atoms with Crippen molar-refractivity contribution in [2.75, 3.05) is 6.54 Å². The molecule has 98 valence electrons. The number of carbonyl (C=O) groups excluding carboxylic acids is 1. The minimum Gasteiger partial charge on any atom is -0.392 e. The predicted molar refractivity (Wildman–Crippen MR) is 68.1 cm³/mol. The van der Waals surface area contributed by atoms with Crippen LogP contribution in [0, 0.1) is 0 Å². The topological polar surface area (TPSA) is 69.6 Å². The van der Waals surface area contributed by atoms with Crippen LogP contribution >= 0.6 is 0 Å². The highest BCUT2D eigenvalue weighted by molar-refractivity contribution is 5.94. The van der Waals surface area contributed by atoms with Crippen LogP contribution in [-0.2, 0) is 6.61 Å². The number of hydrogen-bond donors (Lipinski definition) is 3. The van der Waals surface area contributed by atoms with E-state index in [2.05, 4.69) is 5.32 Å². The van der Waals surface area contributed by atoms with Gasteiger partial charge < -0.3 is 15.5 Å². The fourth-order valence-electron chi connectivity index (χ4n) is 2.32. The Hall–Kier alpha value is -1.39. The smallest absolute Gasteiger partial charge is 0.251 e. The van der Waals surface area contributed by atoms with Gasteiger partial charge in [0.25, 0.3) is 5.91 Å². The van der Waals surface area contributed by atoms with E-state index in [1.54, 1.807) is 24.3 Å². The van der Waals surface area contributed by atoms with Gasteiger partial charge in [0.2, 0.25) is 0 Å². The van der Waals surface area contributed by atoms with Crippen LogP contribution in [0.25, 0.3) is 0 Å². The number of amides is 1. The van der Waals surface area contributed by atoms with Gasteiger partial charge in [0.05, 0.1) is 12.2 Å². The normalized spacial score (nSPS) is 17.7. The van der Waals surface area contributed by atoms with E-state index in [0.717, 1.165) is 31.2 Å². The second-order valence-electron chi connectivity index (χ2n) is 4.97. The van der Waals surface area contributed by atoms with Crippen molar-refractivity contribution in [2.45, 2.75) is 37.9 Å². The molecule has 0 bridgehead atoms. The van der Waals surface area contributed by atoms with Gasteiger partial charge in [-0.25, -0.2) is 0 Å². The average molecular weight is 249 g/mol. The molecule has 0 unspecified atom stereocenters. The number of nitrogens with one attached hydrogen (secondary N) is 1. The summed E-state index contributed by atoms with van der Waals surface area (Å²) in [5.74, 6) is -0.181. The third-order valence-corrected chi connectivity index (χ3v) is 3.51. The Balaban J connectivity index is 1.90. The quantitative estimate of drug-likeness (QED) is 0.751. The molecule has 0 saturated heterocycles. The summed E-state index contributed by atoms with van der Waals surface area (Å²) in [5.41, 5.74) is 0.607. The first-order valence-electron chi connectivity index (χ1n) is 6.33. The molecule has 0 aromatic heterocycles. The van der Waals surface area contributed by atoms with Crippen molar-refractivity contribution in [1.29, 1.82) is 0 Å². The summed E-state index contributed by atoms with van der Waals surface area (Å²) in [6, 6.07) is 6.80. The first-order valence-corrected chi connectivity index (χ1v) is 6.33. The van der Waals surface area contributed by atoms with Crippen molar-refractivity contribution in [3.63, 3.8) is 0 Å². The molecule has 1 fully saturated rings. The average Bonchev–Trinajstić information content (AvgIpc) is 2.83. The minimum atomic E-state index is -0.722. The van der Waals surface area contributed by atoms with Crippen LogP contribution in [0.2, 0.25) is 0 Å². The van der Waals surface area contributed by atoms with Crippen LogP contribution in [0.3, 0.4) is 0 Å². The summed E-state index contributed by atoms with van der Waals surface area (Å²) in [6.45, 7) is 0.287. The van der Waals surface area contributed by atoms with E-state index < -0.39 is 5.60 Å². The minimum absolute atomic E-state index is 0.0261. The summed E-state index contributed by atoms with van der Waals surface area (Å²) < 4.78 is 0. The Bertz CT molecular complexity index is 408. The number of carbonyl (C=O) groups is 1. The number of aliphatic hydroxyl groups is 2. The zero-order valence-electron chi connectivity index (χ0n) is 10.4. The van der Waals surface area contributed by atoms with E-state index in [9.17, 15) is 9.90 Å².